The number of hydrogen-bond acceptors (Lipinski definition) is 30. The number of H-pyrrole nitrogens is 1. The van der Waals surface area contributed by atoms with E-state index in [1.54, 1.807) is 5.38 Å². The number of carbonyl (C=O) groups is 7. The van der Waals surface area contributed by atoms with E-state index >= 15 is 4.79 Å². The maximum absolute atomic E-state index is 15.1. The van der Waals surface area contributed by atoms with Crippen LogP contribution in [0.3, 0.4) is 0 Å². The number of rotatable bonds is 31. The van der Waals surface area contributed by atoms with Crippen molar-refractivity contribution in [2.45, 2.75) is 157 Å². The van der Waals surface area contributed by atoms with E-state index in [4.69, 9.17) is 53.0 Å². The summed E-state index contributed by atoms with van der Waals surface area (Å²) in [5.41, 5.74) is 28.0. The van der Waals surface area contributed by atoms with Crippen LogP contribution in [0, 0.1) is 18.3 Å². The standard InChI is InChI=1S/C51H76N18O19S2/c1-16-30(66-43(69-41(16)56)22(8-28(55)72)60-9-21(52)42(57)79)47(83)68-32(39(23-10-58-15-62-23)87-51-40(37(77)35(75)26(12-70)86-51)88-50-38(78)36(76)34(74)20(5)85-50)48(84)63-18(3)33(73)17(2)44(80)67-31(19(4)71)46(82)59-7-6-29-64-25(14-89-29)49-65-24(13-90-49)45(81)61-11-27(53)54/h10,13-15,17-22,26,31-40,50-51,60,70-71,73-78H,6-9,11-12,52H2,1-5H3,(H3,53,54)(H2,55,72)(H2,57,79)(H,58,62)(H,59,82)(H,61,81)(H,63,84)(H,67,80)(H,68,83)(H2,56,66,69). The minimum absolute atomic E-state index is 0.0207. The smallest absolute Gasteiger partial charge is 0.271 e. The van der Waals surface area contributed by atoms with Gasteiger partial charge < -0.3 is 125 Å². The average molecular weight is 1310 g/mol. The van der Waals surface area contributed by atoms with Crippen molar-refractivity contribution in [3.63, 3.8) is 0 Å². The van der Waals surface area contributed by atoms with Gasteiger partial charge in [0, 0.05) is 42.3 Å². The lowest BCUT2D eigenvalue weighted by Gasteiger charge is -2.46. The van der Waals surface area contributed by atoms with Crippen LogP contribution in [-0.4, -0.2) is 242 Å². The summed E-state index contributed by atoms with van der Waals surface area (Å²) in [6, 6.07) is -7.71. The largest absolute Gasteiger partial charge is 0.394 e. The maximum atomic E-state index is 15.1. The summed E-state index contributed by atoms with van der Waals surface area (Å²) < 4.78 is 23.8. The van der Waals surface area contributed by atoms with Gasteiger partial charge in [-0.05, 0) is 27.7 Å². The number of nitrogens with two attached hydrogens (primary N) is 5. The van der Waals surface area contributed by atoms with Crippen LogP contribution in [0.1, 0.15) is 89.3 Å². The number of amidine groups is 1. The van der Waals surface area contributed by atoms with E-state index in [0.717, 1.165) is 23.9 Å². The van der Waals surface area contributed by atoms with Crippen LogP contribution < -0.4 is 60.6 Å². The second-order valence-corrected chi connectivity index (χ2v) is 23.1. The van der Waals surface area contributed by atoms with E-state index in [1.807, 2.05) is 0 Å². The van der Waals surface area contributed by atoms with Crippen LogP contribution in [0.5, 0.6) is 0 Å². The molecule has 0 aromatic carbocycles. The summed E-state index contributed by atoms with van der Waals surface area (Å²) in [6.45, 7) is 4.91. The number of anilines is 1. The van der Waals surface area contributed by atoms with E-state index in [2.05, 4.69) is 61.8 Å². The highest BCUT2D eigenvalue weighted by atomic mass is 32.1. The number of aliphatic hydroxyl groups excluding tert-OH is 8. The topological polar surface area (TPSA) is 625 Å². The molecule has 2 aliphatic heterocycles. The second-order valence-electron chi connectivity index (χ2n) is 21.3. The van der Waals surface area contributed by atoms with E-state index in [1.165, 1.54) is 51.3 Å². The van der Waals surface area contributed by atoms with Crippen LogP contribution in [0.4, 0.5) is 5.82 Å². The molecule has 4 aromatic heterocycles. The molecule has 37 nitrogen and oxygen atoms in total. The van der Waals surface area contributed by atoms with Gasteiger partial charge in [-0.1, -0.05) is 6.92 Å². The third kappa shape index (κ3) is 18.2. The highest BCUT2D eigenvalue weighted by Gasteiger charge is 2.52. The number of aromatic amines is 1. The van der Waals surface area contributed by atoms with Crippen LogP contribution in [0.25, 0.3) is 10.7 Å². The summed E-state index contributed by atoms with van der Waals surface area (Å²) in [5.74, 6) is -8.97. The minimum Gasteiger partial charge on any atom is -0.394 e. The zero-order chi connectivity index (χ0) is 66.6. The number of ether oxygens (including phenoxy) is 4. The predicted octanol–water partition coefficient (Wildman–Crippen LogP) is -8.11. The molecule has 0 spiro atoms. The normalized spacial score (nSPS) is 24.8. The first kappa shape index (κ1) is 71.6. The summed E-state index contributed by atoms with van der Waals surface area (Å²) in [4.78, 5) is 118. The molecule has 0 saturated carbocycles. The maximum Gasteiger partial charge on any atom is 0.271 e. The molecule has 19 atom stereocenters. The number of aromatic nitrogens is 6. The number of primary amides is 2. The monoisotopic (exact) mass is 1310 g/mol. The summed E-state index contributed by atoms with van der Waals surface area (Å²) in [5, 5.41) is 114. The molecule has 0 radical (unpaired) electrons. The number of carbonyl (C=O) groups excluding carboxylic acids is 7. The number of aliphatic hydroxyl groups is 8. The highest BCUT2D eigenvalue weighted by molar-refractivity contribution is 7.14. The van der Waals surface area contributed by atoms with Gasteiger partial charge >= 0.3 is 0 Å². The molecule has 6 heterocycles. The highest BCUT2D eigenvalue weighted by Crippen LogP contribution is 2.34. The third-order valence-corrected chi connectivity index (χ3v) is 16.2. The summed E-state index contributed by atoms with van der Waals surface area (Å²) >= 11 is 2.40. The zero-order valence-electron chi connectivity index (χ0n) is 49.0. The van der Waals surface area contributed by atoms with Gasteiger partial charge in [-0.3, -0.25) is 39.0 Å². The van der Waals surface area contributed by atoms with Crippen molar-refractivity contribution in [2.75, 3.05) is 32.0 Å². The van der Waals surface area contributed by atoms with E-state index in [0.29, 0.717) is 15.7 Å². The van der Waals surface area contributed by atoms with Gasteiger partial charge in [-0.2, -0.15) is 0 Å². The molecule has 0 bridgehead atoms. The molecule has 496 valence electrons. The van der Waals surface area contributed by atoms with Crippen molar-refractivity contribution >= 4 is 75.7 Å². The molecule has 2 fully saturated rings. The van der Waals surface area contributed by atoms with Gasteiger partial charge in [-0.15, -0.1) is 22.7 Å². The van der Waals surface area contributed by atoms with Gasteiger partial charge in [0.25, 0.3) is 11.8 Å². The molecule has 0 aliphatic carbocycles. The Labute approximate surface area is 520 Å². The average Bonchev–Trinajstić information content (AvgIpc) is 0.871. The molecule has 7 amide bonds. The Morgan fingerprint density at radius 3 is 2.17 bits per heavy atom. The Morgan fingerprint density at radius 1 is 0.822 bits per heavy atom. The third-order valence-electron chi connectivity index (χ3n) is 14.4. The number of thiazole rings is 2. The van der Waals surface area contributed by atoms with Crippen LogP contribution in [0.15, 0.2) is 23.3 Å². The fourth-order valence-corrected chi connectivity index (χ4v) is 10.7. The first-order valence-corrected chi connectivity index (χ1v) is 29.6. The number of nitrogen functional groups attached to an aromatic ring is 1. The lowest BCUT2D eigenvalue weighted by molar-refractivity contribution is -0.370. The van der Waals surface area contributed by atoms with E-state index < -0.39 is 176 Å². The Hall–Kier alpha value is -7.45. The van der Waals surface area contributed by atoms with Gasteiger partial charge in [0.05, 0.1) is 78.7 Å². The predicted molar refractivity (Wildman–Crippen MR) is 312 cm³/mol. The fourth-order valence-electron chi connectivity index (χ4n) is 9.10. The molecule has 2 saturated heterocycles. The zero-order valence-corrected chi connectivity index (χ0v) is 50.7. The van der Waals surface area contributed by atoms with Crippen LogP contribution in [0.2, 0.25) is 0 Å². The Morgan fingerprint density at radius 2 is 1.53 bits per heavy atom. The number of hydrogen-bond donors (Lipinski definition) is 21. The molecule has 4 aromatic rings. The van der Waals surface area contributed by atoms with E-state index in [-0.39, 0.29) is 60.5 Å². The molecule has 26 N–H and O–H groups in total. The number of imidazole rings is 1. The molecule has 2 aliphatic rings. The molecular formula is C51H76N18O19S2. The first-order valence-electron chi connectivity index (χ1n) is 27.8. The Balaban J connectivity index is 1.26. The van der Waals surface area contributed by atoms with Gasteiger partial charge in [-0.25, -0.2) is 24.9 Å². The lowest BCUT2D eigenvalue weighted by Crippen LogP contribution is -2.64. The molecule has 90 heavy (non-hydrogen) atoms. The minimum atomic E-state index is -2.12. The van der Waals surface area contributed by atoms with E-state index in [9.17, 15) is 69.6 Å². The number of nitrogens with one attached hydrogen (secondary N) is 8. The van der Waals surface area contributed by atoms with Gasteiger partial charge in [0.15, 0.2) is 12.6 Å². The van der Waals surface area contributed by atoms with Crippen molar-refractivity contribution in [2.24, 2.45) is 28.9 Å². The lowest BCUT2D eigenvalue weighted by atomic mass is 9.96. The van der Waals surface area contributed by atoms with Crippen LogP contribution in [-0.2, 0) is 49.3 Å². The number of amides is 7. The number of nitrogens with zero attached hydrogens (tertiary/aromatic N) is 5. The summed E-state index contributed by atoms with van der Waals surface area (Å²) in [6.07, 6.45) is -21.6. The van der Waals surface area contributed by atoms with Crippen LogP contribution >= 0.6 is 22.7 Å². The second kappa shape index (κ2) is 32.0. The SMILES string of the molecule is Cc1c(N)nc(C(CC(N)=O)NCC(N)C(N)=O)nc1C(=O)NC(C(=O)NC(C)C(O)C(C)C(=O)NC(C(=O)NCCc1nc(-c2nc(C(=O)NCC(=N)N)cs2)cs1)C(C)O)C(OC1OC(CO)C(O)C(O)C1OC1OC(C)C(O)C(O)C1O)c1cnc[nH]1. The van der Waals surface area contributed by atoms with Crippen molar-refractivity contribution in [3.05, 3.63) is 56.8 Å². The Bertz CT molecular complexity index is 3140. The first-order chi connectivity index (χ1) is 42.4. The van der Waals surface area contributed by atoms with Gasteiger partial charge in [0.2, 0.25) is 29.5 Å². The molecule has 6 rings (SSSR count). The molecular weight excluding hydrogens is 1230 g/mol. The quantitative estimate of drug-likeness (QED) is 0.0164. The Kier molecular flexibility index (Phi) is 25.5. The van der Waals surface area contributed by atoms with Crippen molar-refractivity contribution in [1.82, 2.24) is 61.8 Å². The van der Waals surface area contributed by atoms with Gasteiger partial charge in [0.1, 0.15) is 100 Å². The van der Waals surface area contributed by atoms with Crippen molar-refractivity contribution in [3.8, 4) is 10.7 Å². The summed E-state index contributed by atoms with van der Waals surface area (Å²) in [7, 11) is 0. The molecule has 19 unspecified atom stereocenters. The fraction of sp³-hybridized carbons (Fsp3) is 0.588. The van der Waals surface area contributed by atoms with Crippen molar-refractivity contribution in [1.29, 1.82) is 5.41 Å². The molecule has 39 heteroatoms. The van der Waals surface area contributed by atoms with Crippen molar-refractivity contribution < 1.29 is 93.4 Å².